The van der Waals surface area contributed by atoms with Crippen LogP contribution in [0.3, 0.4) is 0 Å². The lowest BCUT2D eigenvalue weighted by Gasteiger charge is -2.11. The standard InChI is InChI=1S/C19H20ClNO4/c1-12(19(23)24)10-13-6-8-14(9-7-13)21-18(22)11-15-16(20)4-3-5-17(15)25-2/h3-9,12H,10-11H2,1-2H3,(H,21,22)(H,23,24). The van der Waals surface area contributed by atoms with E-state index in [0.29, 0.717) is 28.4 Å². The first-order valence-corrected chi connectivity index (χ1v) is 8.21. The van der Waals surface area contributed by atoms with Crippen molar-refractivity contribution in [2.24, 2.45) is 5.92 Å². The number of anilines is 1. The van der Waals surface area contributed by atoms with E-state index in [1.165, 1.54) is 7.11 Å². The summed E-state index contributed by atoms with van der Waals surface area (Å²) in [4.78, 5) is 23.1. The molecule has 6 heteroatoms. The fourth-order valence-electron chi connectivity index (χ4n) is 2.43. The van der Waals surface area contributed by atoms with E-state index >= 15 is 0 Å². The van der Waals surface area contributed by atoms with Gasteiger partial charge in [0, 0.05) is 16.3 Å². The monoisotopic (exact) mass is 361 g/mol. The van der Waals surface area contributed by atoms with Gasteiger partial charge in [0.1, 0.15) is 5.75 Å². The van der Waals surface area contributed by atoms with E-state index in [-0.39, 0.29) is 12.3 Å². The molecule has 2 N–H and O–H groups in total. The van der Waals surface area contributed by atoms with E-state index in [1.54, 1.807) is 37.3 Å². The van der Waals surface area contributed by atoms with Gasteiger partial charge in [-0.25, -0.2) is 0 Å². The van der Waals surface area contributed by atoms with Gasteiger partial charge in [0.15, 0.2) is 0 Å². The molecule has 0 aromatic heterocycles. The highest BCUT2D eigenvalue weighted by atomic mass is 35.5. The molecule has 0 saturated heterocycles. The highest BCUT2D eigenvalue weighted by molar-refractivity contribution is 6.31. The number of halogens is 1. The summed E-state index contributed by atoms with van der Waals surface area (Å²) in [6.07, 6.45) is 0.543. The number of aliphatic carboxylic acids is 1. The molecule has 0 spiro atoms. The van der Waals surface area contributed by atoms with Crippen LogP contribution in [0.4, 0.5) is 5.69 Å². The lowest BCUT2D eigenvalue weighted by molar-refractivity contribution is -0.141. The van der Waals surface area contributed by atoms with Crippen LogP contribution in [0.5, 0.6) is 5.75 Å². The largest absolute Gasteiger partial charge is 0.496 e. The zero-order valence-corrected chi connectivity index (χ0v) is 14.8. The molecule has 0 radical (unpaired) electrons. The Morgan fingerprint density at radius 3 is 2.48 bits per heavy atom. The Labute approximate surface area is 151 Å². The van der Waals surface area contributed by atoms with Crippen LogP contribution in [-0.2, 0) is 22.4 Å². The summed E-state index contributed by atoms with van der Waals surface area (Å²) in [6, 6.07) is 12.4. The second kappa shape index (κ2) is 8.53. The van der Waals surface area contributed by atoms with Crippen molar-refractivity contribution in [3.63, 3.8) is 0 Å². The highest BCUT2D eigenvalue weighted by Crippen LogP contribution is 2.27. The Bertz CT molecular complexity index is 759. The van der Waals surface area contributed by atoms with Crippen molar-refractivity contribution in [1.82, 2.24) is 0 Å². The van der Waals surface area contributed by atoms with Gasteiger partial charge in [0.25, 0.3) is 0 Å². The van der Waals surface area contributed by atoms with Crippen molar-refractivity contribution in [3.05, 3.63) is 58.6 Å². The molecule has 0 aliphatic heterocycles. The maximum atomic E-state index is 12.3. The second-order valence-corrected chi connectivity index (χ2v) is 6.19. The van der Waals surface area contributed by atoms with Gasteiger partial charge in [-0.15, -0.1) is 0 Å². The first-order valence-electron chi connectivity index (χ1n) is 7.83. The molecular weight excluding hydrogens is 342 g/mol. The Morgan fingerprint density at radius 1 is 1.20 bits per heavy atom. The molecule has 0 fully saturated rings. The van der Waals surface area contributed by atoms with Crippen LogP contribution in [0.15, 0.2) is 42.5 Å². The van der Waals surface area contributed by atoms with Gasteiger partial charge in [-0.05, 0) is 36.2 Å². The van der Waals surface area contributed by atoms with E-state index in [9.17, 15) is 9.59 Å². The van der Waals surface area contributed by atoms with Crippen molar-refractivity contribution in [2.45, 2.75) is 19.8 Å². The molecule has 0 bridgehead atoms. The molecule has 25 heavy (non-hydrogen) atoms. The minimum absolute atomic E-state index is 0.0979. The number of amides is 1. The summed E-state index contributed by atoms with van der Waals surface area (Å²) in [5.41, 5.74) is 2.18. The number of ether oxygens (including phenoxy) is 1. The molecular formula is C19H20ClNO4. The quantitative estimate of drug-likeness (QED) is 0.786. The Hall–Kier alpha value is -2.53. The van der Waals surface area contributed by atoms with Gasteiger partial charge in [-0.1, -0.05) is 36.7 Å². The Balaban J connectivity index is 2.00. The molecule has 0 aliphatic rings. The SMILES string of the molecule is COc1cccc(Cl)c1CC(=O)Nc1ccc(CC(C)C(=O)O)cc1. The van der Waals surface area contributed by atoms with E-state index in [4.69, 9.17) is 21.4 Å². The molecule has 2 aromatic carbocycles. The summed E-state index contributed by atoms with van der Waals surface area (Å²) in [5, 5.41) is 12.2. The fraction of sp³-hybridized carbons (Fsp3) is 0.263. The van der Waals surface area contributed by atoms with E-state index < -0.39 is 11.9 Å². The third-order valence-corrected chi connectivity index (χ3v) is 4.19. The number of carboxylic acids is 1. The number of rotatable bonds is 7. The molecule has 0 saturated carbocycles. The Kier molecular flexibility index (Phi) is 6.42. The van der Waals surface area contributed by atoms with Crippen molar-refractivity contribution < 1.29 is 19.4 Å². The molecule has 5 nitrogen and oxygen atoms in total. The molecule has 0 heterocycles. The summed E-state index contributed by atoms with van der Waals surface area (Å²) in [6.45, 7) is 1.66. The van der Waals surface area contributed by atoms with Crippen molar-refractivity contribution in [2.75, 3.05) is 12.4 Å². The second-order valence-electron chi connectivity index (χ2n) is 5.79. The van der Waals surface area contributed by atoms with Crippen molar-refractivity contribution in [3.8, 4) is 5.75 Å². The minimum atomic E-state index is -0.828. The van der Waals surface area contributed by atoms with E-state index in [0.717, 1.165) is 5.56 Å². The third-order valence-electron chi connectivity index (χ3n) is 3.83. The lowest BCUT2D eigenvalue weighted by atomic mass is 10.0. The average Bonchev–Trinajstić information content (AvgIpc) is 2.58. The van der Waals surface area contributed by atoms with E-state index in [1.807, 2.05) is 12.1 Å². The topological polar surface area (TPSA) is 75.6 Å². The number of hydrogen-bond acceptors (Lipinski definition) is 3. The number of carboxylic acid groups (broad SMARTS) is 1. The average molecular weight is 362 g/mol. The lowest BCUT2D eigenvalue weighted by Crippen LogP contribution is -2.15. The number of methoxy groups -OCH3 is 1. The van der Waals surface area contributed by atoms with Gasteiger partial charge < -0.3 is 15.2 Å². The van der Waals surface area contributed by atoms with E-state index in [2.05, 4.69) is 5.32 Å². The van der Waals surface area contributed by atoms with Crippen molar-refractivity contribution >= 4 is 29.2 Å². The molecule has 2 aromatic rings. The van der Waals surface area contributed by atoms with Gasteiger partial charge in [-0.2, -0.15) is 0 Å². The van der Waals surface area contributed by atoms with Crippen LogP contribution >= 0.6 is 11.6 Å². The predicted molar refractivity (Wildman–Crippen MR) is 97.3 cm³/mol. The third kappa shape index (κ3) is 5.22. The highest BCUT2D eigenvalue weighted by Gasteiger charge is 2.14. The smallest absolute Gasteiger partial charge is 0.306 e. The van der Waals surface area contributed by atoms with Crippen LogP contribution in [-0.4, -0.2) is 24.1 Å². The fourth-order valence-corrected chi connectivity index (χ4v) is 2.67. The van der Waals surface area contributed by atoms with Gasteiger partial charge in [-0.3, -0.25) is 9.59 Å². The van der Waals surface area contributed by atoms with Crippen LogP contribution in [0.1, 0.15) is 18.1 Å². The summed E-state index contributed by atoms with van der Waals surface area (Å²) in [5.74, 6) is -0.919. The molecule has 2 rings (SSSR count). The minimum Gasteiger partial charge on any atom is -0.496 e. The van der Waals surface area contributed by atoms with Crippen LogP contribution in [0, 0.1) is 5.92 Å². The summed E-state index contributed by atoms with van der Waals surface area (Å²) < 4.78 is 5.24. The zero-order valence-electron chi connectivity index (χ0n) is 14.1. The molecule has 1 amide bonds. The Morgan fingerprint density at radius 2 is 1.88 bits per heavy atom. The molecule has 132 valence electrons. The first-order chi connectivity index (χ1) is 11.9. The summed E-state index contributed by atoms with van der Waals surface area (Å²) >= 11 is 6.14. The molecule has 1 unspecified atom stereocenters. The predicted octanol–water partition coefficient (Wildman–Crippen LogP) is 3.79. The number of hydrogen-bond donors (Lipinski definition) is 2. The molecule has 0 aliphatic carbocycles. The normalized spacial score (nSPS) is 11.6. The first kappa shape index (κ1) is 18.8. The zero-order chi connectivity index (χ0) is 18.4. The molecule has 1 atom stereocenters. The van der Waals surface area contributed by atoms with Crippen LogP contribution in [0.2, 0.25) is 5.02 Å². The summed E-state index contributed by atoms with van der Waals surface area (Å²) in [7, 11) is 1.53. The van der Waals surface area contributed by atoms with Gasteiger partial charge in [0.05, 0.1) is 19.4 Å². The number of carbonyl (C=O) groups excluding carboxylic acids is 1. The van der Waals surface area contributed by atoms with Gasteiger partial charge >= 0.3 is 5.97 Å². The number of carbonyl (C=O) groups is 2. The van der Waals surface area contributed by atoms with Crippen LogP contribution < -0.4 is 10.1 Å². The maximum absolute atomic E-state index is 12.3. The number of nitrogens with one attached hydrogen (secondary N) is 1. The number of benzene rings is 2. The van der Waals surface area contributed by atoms with Gasteiger partial charge in [0.2, 0.25) is 5.91 Å². The van der Waals surface area contributed by atoms with Crippen molar-refractivity contribution in [1.29, 1.82) is 0 Å². The maximum Gasteiger partial charge on any atom is 0.306 e. The van der Waals surface area contributed by atoms with Crippen LogP contribution in [0.25, 0.3) is 0 Å².